The Bertz CT molecular complexity index is 2170. The third-order valence-corrected chi connectivity index (χ3v) is 10.4. The number of hydrogen-bond donors (Lipinski definition) is 0. The zero-order chi connectivity index (χ0) is 34.8. The molecule has 0 N–H and O–H groups in total. The van der Waals surface area contributed by atoms with Crippen LogP contribution in [0.5, 0.6) is 17.2 Å². The zero-order valence-electron chi connectivity index (χ0n) is 30.5. The molecule has 0 radical (unpaired) electrons. The van der Waals surface area contributed by atoms with Crippen LogP contribution in [0.15, 0.2) is 90.6 Å². The number of aryl methyl sites for hydroxylation is 2. The maximum Gasteiger partial charge on any atom is 0.141 e. The molecule has 0 amide bonds. The summed E-state index contributed by atoms with van der Waals surface area (Å²) in [6, 6.07) is 25.2. The molecule has 0 fully saturated rings. The number of methoxy groups -OCH3 is 1. The lowest BCUT2D eigenvalue weighted by Crippen LogP contribution is -2.18. The third kappa shape index (κ3) is 6.44. The second kappa shape index (κ2) is 14.6. The Morgan fingerprint density at radius 2 is 1.62 bits per heavy atom. The van der Waals surface area contributed by atoms with Crippen molar-refractivity contribution in [1.29, 1.82) is 0 Å². The highest BCUT2D eigenvalue weighted by atomic mass is 16.5. The predicted molar refractivity (Wildman–Crippen MR) is 206 cm³/mol. The molecule has 0 saturated carbocycles. The Hall–Kier alpha value is -4.84. The van der Waals surface area contributed by atoms with E-state index in [1.54, 1.807) is 13.3 Å². The number of fused-ring (bicyclic) bond motifs is 3. The minimum Gasteiger partial charge on any atom is -0.497 e. The lowest BCUT2D eigenvalue weighted by atomic mass is 9.74. The standard InChI is InChI=1S/C44H50N4O2/c1-7-9-17-38-44(43-30(4)14-13-15-31(43)5)40(18-10-8-2)48(46-38)32-24-29(3)25-35(26-32)50-34-20-21-37-36-16-11-12-19-39(36)47(41(37)27-34)42-28-33(49-6)22-23-45-42/h11-12,14,16,19-28,31,43H,7-10,13,15,17-18H2,1-6H3/t31-,43+/m0/s1. The van der Waals surface area contributed by atoms with Gasteiger partial charge in [-0.1, -0.05) is 63.5 Å². The molecule has 0 spiro atoms. The summed E-state index contributed by atoms with van der Waals surface area (Å²) in [5.74, 6) is 4.17. The van der Waals surface area contributed by atoms with Crippen molar-refractivity contribution in [1.82, 2.24) is 19.3 Å². The minimum absolute atomic E-state index is 0.425. The SMILES string of the molecule is CCCCc1nn(-c2cc(C)cc(Oc3ccc4c5ccccc5n(-c5cc(OC)ccn5)c4c3)c2)c(CCCC)c1[C@@H]1C(C)=CCC[C@@H]1C. The van der Waals surface area contributed by atoms with Gasteiger partial charge in [-0.2, -0.15) is 5.10 Å². The van der Waals surface area contributed by atoms with E-state index in [9.17, 15) is 0 Å². The number of aromatic nitrogens is 4. The topological polar surface area (TPSA) is 54.1 Å². The molecule has 6 aromatic rings. The van der Waals surface area contributed by atoms with Crippen LogP contribution in [0.4, 0.5) is 0 Å². The summed E-state index contributed by atoms with van der Waals surface area (Å²) in [5.41, 5.74) is 9.96. The fourth-order valence-corrected chi connectivity index (χ4v) is 7.99. The first-order valence-corrected chi connectivity index (χ1v) is 18.5. The lowest BCUT2D eigenvalue weighted by molar-refractivity contribution is 0.414. The molecule has 6 heteroatoms. The van der Waals surface area contributed by atoms with E-state index >= 15 is 0 Å². The van der Waals surface area contributed by atoms with Gasteiger partial charge in [0.05, 0.1) is 29.5 Å². The molecule has 1 aliphatic carbocycles. The fraction of sp³-hybridized carbons (Fsp3) is 0.364. The summed E-state index contributed by atoms with van der Waals surface area (Å²) in [5, 5.41) is 7.76. The van der Waals surface area contributed by atoms with Gasteiger partial charge in [-0.3, -0.25) is 4.57 Å². The van der Waals surface area contributed by atoms with E-state index in [0.29, 0.717) is 11.8 Å². The molecular weight excluding hydrogens is 617 g/mol. The summed E-state index contributed by atoms with van der Waals surface area (Å²) in [4.78, 5) is 4.73. The van der Waals surface area contributed by atoms with Crippen LogP contribution >= 0.6 is 0 Å². The zero-order valence-corrected chi connectivity index (χ0v) is 30.5. The molecule has 0 unspecified atom stereocenters. The Morgan fingerprint density at radius 1 is 0.820 bits per heavy atom. The molecule has 0 bridgehead atoms. The van der Waals surface area contributed by atoms with Gasteiger partial charge in [0.2, 0.25) is 0 Å². The number of nitrogens with zero attached hydrogens (tertiary/aromatic N) is 4. The quantitative estimate of drug-likeness (QED) is 0.122. The maximum absolute atomic E-state index is 6.73. The number of rotatable bonds is 12. The van der Waals surface area contributed by atoms with Gasteiger partial charge in [0.15, 0.2) is 0 Å². The van der Waals surface area contributed by atoms with Gasteiger partial charge in [0, 0.05) is 52.3 Å². The number of ether oxygens (including phenoxy) is 2. The second-order valence-electron chi connectivity index (χ2n) is 14.1. The van der Waals surface area contributed by atoms with E-state index in [4.69, 9.17) is 19.6 Å². The lowest BCUT2D eigenvalue weighted by Gasteiger charge is -2.30. The maximum atomic E-state index is 6.73. The van der Waals surface area contributed by atoms with Gasteiger partial charge in [-0.05, 0) is 100 Å². The van der Waals surface area contributed by atoms with Crippen LogP contribution in [0.1, 0.15) is 94.7 Å². The van der Waals surface area contributed by atoms with Crippen molar-refractivity contribution < 1.29 is 9.47 Å². The van der Waals surface area contributed by atoms with Gasteiger partial charge in [-0.25, -0.2) is 9.67 Å². The van der Waals surface area contributed by atoms with E-state index in [0.717, 1.165) is 89.3 Å². The smallest absolute Gasteiger partial charge is 0.141 e. The molecule has 0 saturated heterocycles. The second-order valence-corrected chi connectivity index (χ2v) is 14.1. The number of hydrogen-bond acceptors (Lipinski definition) is 4. The number of benzene rings is 3. The van der Waals surface area contributed by atoms with Crippen LogP contribution in [-0.4, -0.2) is 26.4 Å². The highest BCUT2D eigenvalue weighted by Crippen LogP contribution is 2.43. The van der Waals surface area contributed by atoms with Crippen molar-refractivity contribution in [2.24, 2.45) is 5.92 Å². The Balaban J connectivity index is 1.32. The monoisotopic (exact) mass is 666 g/mol. The number of pyridine rings is 1. The van der Waals surface area contributed by atoms with Crippen molar-refractivity contribution in [3.8, 4) is 28.8 Å². The van der Waals surface area contributed by atoms with Crippen molar-refractivity contribution in [2.75, 3.05) is 7.11 Å². The Kier molecular flexibility index (Phi) is 9.80. The minimum atomic E-state index is 0.425. The van der Waals surface area contributed by atoms with Crippen LogP contribution in [0.25, 0.3) is 33.3 Å². The van der Waals surface area contributed by atoms with Gasteiger partial charge < -0.3 is 9.47 Å². The van der Waals surface area contributed by atoms with E-state index in [-0.39, 0.29) is 0 Å². The Labute approximate surface area is 296 Å². The van der Waals surface area contributed by atoms with Gasteiger partial charge >= 0.3 is 0 Å². The van der Waals surface area contributed by atoms with Crippen LogP contribution in [0.2, 0.25) is 0 Å². The molecule has 7 rings (SSSR count). The molecule has 258 valence electrons. The first-order valence-electron chi connectivity index (χ1n) is 18.5. The third-order valence-electron chi connectivity index (χ3n) is 10.4. The number of para-hydroxylation sites is 1. The van der Waals surface area contributed by atoms with Crippen molar-refractivity contribution in [3.63, 3.8) is 0 Å². The Morgan fingerprint density at radius 3 is 2.42 bits per heavy atom. The molecule has 2 atom stereocenters. The molecule has 3 heterocycles. The molecule has 1 aliphatic rings. The first kappa shape index (κ1) is 33.6. The van der Waals surface area contributed by atoms with Crippen molar-refractivity contribution in [3.05, 3.63) is 113 Å². The molecule has 0 aliphatic heterocycles. The van der Waals surface area contributed by atoms with Gasteiger partial charge in [0.25, 0.3) is 0 Å². The molecule has 3 aromatic carbocycles. The highest BCUT2D eigenvalue weighted by molar-refractivity contribution is 6.09. The average molecular weight is 667 g/mol. The molecule has 3 aromatic heterocycles. The molecule has 50 heavy (non-hydrogen) atoms. The van der Waals surface area contributed by atoms with E-state index in [2.05, 4.69) is 111 Å². The fourth-order valence-electron chi connectivity index (χ4n) is 7.99. The molecule has 6 nitrogen and oxygen atoms in total. The van der Waals surface area contributed by atoms with Crippen LogP contribution in [-0.2, 0) is 12.8 Å². The summed E-state index contributed by atoms with van der Waals surface area (Å²) in [6.07, 6.45) is 13.3. The summed E-state index contributed by atoms with van der Waals surface area (Å²) in [7, 11) is 1.68. The summed E-state index contributed by atoms with van der Waals surface area (Å²) in [6.45, 7) is 11.5. The predicted octanol–water partition coefficient (Wildman–Crippen LogP) is 11.6. The van der Waals surface area contributed by atoms with E-state index in [1.165, 1.54) is 40.8 Å². The summed E-state index contributed by atoms with van der Waals surface area (Å²) >= 11 is 0. The van der Waals surface area contributed by atoms with Crippen LogP contribution in [0.3, 0.4) is 0 Å². The van der Waals surface area contributed by atoms with E-state index < -0.39 is 0 Å². The first-order chi connectivity index (χ1) is 24.4. The average Bonchev–Trinajstić information content (AvgIpc) is 3.64. The molecular formula is C44H50N4O2. The van der Waals surface area contributed by atoms with Crippen molar-refractivity contribution in [2.45, 2.75) is 91.9 Å². The van der Waals surface area contributed by atoms with Gasteiger partial charge in [0.1, 0.15) is 23.1 Å². The number of unbranched alkanes of at least 4 members (excludes halogenated alkanes) is 2. The van der Waals surface area contributed by atoms with Crippen LogP contribution in [0, 0.1) is 12.8 Å². The van der Waals surface area contributed by atoms with Gasteiger partial charge in [-0.15, -0.1) is 0 Å². The highest BCUT2D eigenvalue weighted by Gasteiger charge is 2.31. The van der Waals surface area contributed by atoms with Crippen LogP contribution < -0.4 is 9.47 Å². The number of allylic oxidation sites excluding steroid dienone is 2. The van der Waals surface area contributed by atoms with E-state index in [1.807, 2.05) is 12.1 Å². The largest absolute Gasteiger partial charge is 0.497 e. The van der Waals surface area contributed by atoms with Crippen molar-refractivity contribution >= 4 is 21.8 Å². The summed E-state index contributed by atoms with van der Waals surface area (Å²) < 4.78 is 16.7. The normalized spacial score (nSPS) is 16.2.